The van der Waals surface area contributed by atoms with Gasteiger partial charge in [0.05, 0.1) is 11.3 Å². The van der Waals surface area contributed by atoms with E-state index in [1.807, 2.05) is 48.8 Å². The molecule has 0 N–H and O–H groups in total. The van der Waals surface area contributed by atoms with Gasteiger partial charge in [-0.3, -0.25) is 9.97 Å². The number of thioether (sulfide) groups is 1. The standard InChI is InChI=1S/C21H17F3N4S/c1-3-29-18-9-14(16-10-15(4-6-25-16)21(22,23)24)11-26-20(18)17-12-28-7-5-13(2)8-19(28)27-17/h4-12H,3H2,1-2H3. The molecule has 4 rings (SSSR count). The Hall–Kier alpha value is -2.87. The Balaban J connectivity index is 1.79. The summed E-state index contributed by atoms with van der Waals surface area (Å²) in [5.74, 6) is 0.792. The molecule has 0 aromatic carbocycles. The molecule has 0 fully saturated rings. The van der Waals surface area contributed by atoms with Crippen LogP contribution in [0.1, 0.15) is 18.1 Å². The van der Waals surface area contributed by atoms with Crippen molar-refractivity contribution < 1.29 is 13.2 Å². The van der Waals surface area contributed by atoms with E-state index in [4.69, 9.17) is 0 Å². The van der Waals surface area contributed by atoms with Crippen LogP contribution in [0.15, 0.2) is 60.0 Å². The fraction of sp³-hybridized carbons (Fsp3) is 0.190. The summed E-state index contributed by atoms with van der Waals surface area (Å²) in [7, 11) is 0. The Bertz CT molecular complexity index is 1180. The van der Waals surface area contributed by atoms with Crippen LogP contribution in [0.4, 0.5) is 13.2 Å². The van der Waals surface area contributed by atoms with Crippen molar-refractivity contribution in [3.8, 4) is 22.6 Å². The second-order valence-corrected chi connectivity index (χ2v) is 7.83. The van der Waals surface area contributed by atoms with E-state index in [1.165, 1.54) is 6.20 Å². The second kappa shape index (κ2) is 7.51. The highest BCUT2D eigenvalue weighted by molar-refractivity contribution is 7.99. The van der Waals surface area contributed by atoms with E-state index in [-0.39, 0.29) is 5.69 Å². The monoisotopic (exact) mass is 414 g/mol. The average Bonchev–Trinajstić information content (AvgIpc) is 3.10. The van der Waals surface area contributed by atoms with Gasteiger partial charge in [-0.2, -0.15) is 13.2 Å². The number of aryl methyl sites for hydroxylation is 1. The lowest BCUT2D eigenvalue weighted by Crippen LogP contribution is -2.05. The van der Waals surface area contributed by atoms with Crippen LogP contribution in [0.25, 0.3) is 28.3 Å². The van der Waals surface area contributed by atoms with Crippen molar-refractivity contribution in [1.82, 2.24) is 19.4 Å². The van der Waals surface area contributed by atoms with Crippen LogP contribution in [0.5, 0.6) is 0 Å². The van der Waals surface area contributed by atoms with Crippen LogP contribution in [-0.4, -0.2) is 25.1 Å². The number of rotatable bonds is 4. The fourth-order valence-electron chi connectivity index (χ4n) is 3.01. The van der Waals surface area contributed by atoms with E-state index in [0.29, 0.717) is 11.3 Å². The molecule has 0 bridgehead atoms. The minimum atomic E-state index is -4.42. The van der Waals surface area contributed by atoms with Gasteiger partial charge in [0.15, 0.2) is 0 Å². The van der Waals surface area contributed by atoms with Crippen LogP contribution in [0, 0.1) is 6.92 Å². The summed E-state index contributed by atoms with van der Waals surface area (Å²) in [5, 5.41) is 0. The minimum absolute atomic E-state index is 0.238. The number of alkyl halides is 3. The van der Waals surface area contributed by atoms with E-state index in [0.717, 1.165) is 39.7 Å². The number of pyridine rings is 3. The number of aromatic nitrogens is 4. The van der Waals surface area contributed by atoms with E-state index >= 15 is 0 Å². The van der Waals surface area contributed by atoms with Crippen molar-refractivity contribution in [3.05, 3.63) is 66.2 Å². The molecule has 0 aliphatic carbocycles. The molecule has 29 heavy (non-hydrogen) atoms. The molecule has 148 valence electrons. The highest BCUT2D eigenvalue weighted by Crippen LogP contribution is 2.35. The Morgan fingerprint density at radius 1 is 1.07 bits per heavy atom. The molecule has 0 saturated heterocycles. The maximum absolute atomic E-state index is 13.0. The van der Waals surface area contributed by atoms with Crippen molar-refractivity contribution >= 4 is 17.4 Å². The molecule has 4 aromatic heterocycles. The van der Waals surface area contributed by atoms with Gasteiger partial charge in [-0.25, -0.2) is 4.98 Å². The normalized spacial score (nSPS) is 11.9. The molecule has 4 nitrogen and oxygen atoms in total. The first-order chi connectivity index (χ1) is 13.8. The van der Waals surface area contributed by atoms with Gasteiger partial charge in [-0.05, 0) is 48.6 Å². The molecule has 0 aliphatic rings. The van der Waals surface area contributed by atoms with E-state index in [9.17, 15) is 13.2 Å². The molecular weight excluding hydrogens is 397 g/mol. The van der Waals surface area contributed by atoms with Crippen molar-refractivity contribution in [1.29, 1.82) is 0 Å². The van der Waals surface area contributed by atoms with Crippen LogP contribution < -0.4 is 0 Å². The van der Waals surface area contributed by atoms with Crippen molar-refractivity contribution in [3.63, 3.8) is 0 Å². The molecule has 0 atom stereocenters. The van der Waals surface area contributed by atoms with Gasteiger partial charge in [0.1, 0.15) is 17.0 Å². The number of imidazole rings is 1. The lowest BCUT2D eigenvalue weighted by molar-refractivity contribution is -0.137. The summed E-state index contributed by atoms with van der Waals surface area (Å²) in [6.07, 6.45) is 2.14. The molecule has 4 aromatic rings. The minimum Gasteiger partial charge on any atom is -0.306 e. The predicted molar refractivity (Wildman–Crippen MR) is 108 cm³/mol. The lowest BCUT2D eigenvalue weighted by Gasteiger charge is -2.10. The van der Waals surface area contributed by atoms with Crippen molar-refractivity contribution in [2.24, 2.45) is 0 Å². The molecule has 0 saturated carbocycles. The third kappa shape index (κ3) is 3.98. The Kier molecular flexibility index (Phi) is 5.04. The maximum atomic E-state index is 13.0. The molecular formula is C21H17F3N4S. The summed E-state index contributed by atoms with van der Waals surface area (Å²) in [4.78, 5) is 14.1. The topological polar surface area (TPSA) is 43.1 Å². The van der Waals surface area contributed by atoms with E-state index in [1.54, 1.807) is 18.0 Å². The SMILES string of the molecule is CCSc1cc(-c2cc(C(F)(F)F)ccn2)cnc1-c1cn2ccc(C)cc2n1. The van der Waals surface area contributed by atoms with E-state index < -0.39 is 11.7 Å². The summed E-state index contributed by atoms with van der Waals surface area (Å²) < 4.78 is 41.0. The molecule has 0 spiro atoms. The van der Waals surface area contributed by atoms with E-state index in [2.05, 4.69) is 15.0 Å². The average molecular weight is 414 g/mol. The van der Waals surface area contributed by atoms with Crippen molar-refractivity contribution in [2.45, 2.75) is 24.9 Å². The van der Waals surface area contributed by atoms with Crippen LogP contribution in [0.2, 0.25) is 0 Å². The first-order valence-corrected chi connectivity index (χ1v) is 9.96. The lowest BCUT2D eigenvalue weighted by atomic mass is 10.1. The molecule has 0 unspecified atom stereocenters. The van der Waals surface area contributed by atoms with Gasteiger partial charge in [0, 0.05) is 35.2 Å². The molecule has 0 aliphatic heterocycles. The summed E-state index contributed by atoms with van der Waals surface area (Å²) in [5.41, 5.74) is 3.39. The van der Waals surface area contributed by atoms with Gasteiger partial charge in [-0.15, -0.1) is 11.8 Å². The zero-order chi connectivity index (χ0) is 20.6. The number of hydrogen-bond acceptors (Lipinski definition) is 4. The molecule has 4 heterocycles. The van der Waals surface area contributed by atoms with Gasteiger partial charge in [-0.1, -0.05) is 6.92 Å². The van der Waals surface area contributed by atoms with Gasteiger partial charge < -0.3 is 4.40 Å². The third-order valence-corrected chi connectivity index (χ3v) is 5.30. The molecule has 8 heteroatoms. The van der Waals surface area contributed by atoms with Crippen LogP contribution >= 0.6 is 11.8 Å². The van der Waals surface area contributed by atoms with Gasteiger partial charge in [0.25, 0.3) is 0 Å². The zero-order valence-electron chi connectivity index (χ0n) is 15.7. The van der Waals surface area contributed by atoms with Gasteiger partial charge in [0.2, 0.25) is 0 Å². The molecule has 0 radical (unpaired) electrons. The van der Waals surface area contributed by atoms with Crippen LogP contribution in [0.3, 0.4) is 0 Å². The van der Waals surface area contributed by atoms with Gasteiger partial charge >= 0.3 is 6.18 Å². The number of halogens is 3. The summed E-state index contributed by atoms with van der Waals surface area (Å²) >= 11 is 1.57. The second-order valence-electron chi connectivity index (χ2n) is 6.53. The first kappa shape index (κ1) is 19.4. The Morgan fingerprint density at radius 3 is 2.66 bits per heavy atom. The fourth-order valence-corrected chi connectivity index (χ4v) is 3.82. The summed E-state index contributed by atoms with van der Waals surface area (Å²) in [6.45, 7) is 4.01. The molecule has 0 amide bonds. The Labute approximate surface area is 169 Å². The smallest absolute Gasteiger partial charge is 0.306 e. The third-order valence-electron chi connectivity index (χ3n) is 4.39. The number of fused-ring (bicyclic) bond motifs is 1. The Morgan fingerprint density at radius 2 is 1.90 bits per heavy atom. The van der Waals surface area contributed by atoms with Crippen LogP contribution in [-0.2, 0) is 6.18 Å². The zero-order valence-corrected chi connectivity index (χ0v) is 16.6. The number of nitrogens with zero attached hydrogens (tertiary/aromatic N) is 4. The largest absolute Gasteiger partial charge is 0.416 e. The maximum Gasteiger partial charge on any atom is 0.416 e. The summed E-state index contributed by atoms with van der Waals surface area (Å²) in [6, 6.07) is 7.82. The van der Waals surface area contributed by atoms with Crippen molar-refractivity contribution in [2.75, 3.05) is 5.75 Å². The first-order valence-electron chi connectivity index (χ1n) is 8.97. The quantitative estimate of drug-likeness (QED) is 0.390. The number of hydrogen-bond donors (Lipinski definition) is 0. The predicted octanol–water partition coefficient (Wildman–Crippen LogP) is 5.90. The highest BCUT2D eigenvalue weighted by atomic mass is 32.2. The highest BCUT2D eigenvalue weighted by Gasteiger charge is 2.30.